The van der Waals surface area contributed by atoms with Crippen molar-refractivity contribution in [1.82, 2.24) is 15.5 Å². The summed E-state index contributed by atoms with van der Waals surface area (Å²) in [5, 5.41) is 7.35. The first-order chi connectivity index (χ1) is 8.42. The molecule has 17 heavy (non-hydrogen) atoms. The fraction of sp³-hybridized carbons (Fsp3) is 0.500. The van der Waals surface area contributed by atoms with Crippen molar-refractivity contribution in [1.29, 1.82) is 0 Å². The van der Waals surface area contributed by atoms with Gasteiger partial charge in [-0.15, -0.1) is 0 Å². The van der Waals surface area contributed by atoms with Gasteiger partial charge in [0.25, 0.3) is 5.89 Å². The molecule has 3 rings (SSSR count). The number of nitrogens with zero attached hydrogens (tertiary/aromatic N) is 2. The molecular formula is C12H15N3O2. The lowest BCUT2D eigenvalue weighted by Gasteiger charge is -2.20. The zero-order valence-electron chi connectivity index (χ0n) is 9.56. The molecule has 0 aliphatic carbocycles. The number of hydrogen-bond acceptors (Lipinski definition) is 5. The fourth-order valence-corrected chi connectivity index (χ4v) is 2.18. The van der Waals surface area contributed by atoms with Gasteiger partial charge in [-0.25, -0.2) is 0 Å². The van der Waals surface area contributed by atoms with Gasteiger partial charge < -0.3 is 14.3 Å². The van der Waals surface area contributed by atoms with Crippen LogP contribution >= 0.6 is 0 Å². The van der Waals surface area contributed by atoms with Crippen LogP contribution in [0.4, 0.5) is 0 Å². The zero-order chi connectivity index (χ0) is 11.5. The molecule has 3 heterocycles. The van der Waals surface area contributed by atoms with Crippen molar-refractivity contribution in [2.24, 2.45) is 5.92 Å². The molecule has 0 atom stereocenters. The maximum atomic E-state index is 5.22. The fourth-order valence-electron chi connectivity index (χ4n) is 2.18. The standard InChI is InChI=1S/C12H15N3O2/c1-2-10(16-7-1)12-14-11(15-17-12)8-9-3-5-13-6-4-9/h1-2,7,9,13H,3-6,8H2. The van der Waals surface area contributed by atoms with E-state index < -0.39 is 0 Å². The second-order valence-corrected chi connectivity index (χ2v) is 4.39. The molecule has 2 aromatic rings. The van der Waals surface area contributed by atoms with E-state index in [-0.39, 0.29) is 0 Å². The summed E-state index contributed by atoms with van der Waals surface area (Å²) >= 11 is 0. The van der Waals surface area contributed by atoms with E-state index in [0.717, 1.165) is 25.3 Å². The van der Waals surface area contributed by atoms with E-state index in [4.69, 9.17) is 8.94 Å². The summed E-state index contributed by atoms with van der Waals surface area (Å²) in [5.41, 5.74) is 0. The Bertz CT molecular complexity index is 458. The monoisotopic (exact) mass is 233 g/mol. The van der Waals surface area contributed by atoms with Crippen molar-refractivity contribution >= 4 is 0 Å². The Balaban J connectivity index is 1.68. The molecule has 1 fully saturated rings. The molecule has 1 N–H and O–H groups in total. The highest BCUT2D eigenvalue weighted by molar-refractivity contribution is 5.42. The molecule has 0 aromatic carbocycles. The van der Waals surface area contributed by atoms with Crippen molar-refractivity contribution in [2.45, 2.75) is 19.3 Å². The molecule has 5 nitrogen and oxygen atoms in total. The van der Waals surface area contributed by atoms with Crippen LogP contribution in [0.1, 0.15) is 18.7 Å². The normalized spacial score (nSPS) is 17.4. The van der Waals surface area contributed by atoms with Crippen LogP contribution in [0.25, 0.3) is 11.7 Å². The molecule has 0 radical (unpaired) electrons. The smallest absolute Gasteiger partial charge is 0.293 e. The van der Waals surface area contributed by atoms with Gasteiger partial charge in [0.1, 0.15) is 0 Å². The van der Waals surface area contributed by atoms with Gasteiger partial charge in [0, 0.05) is 6.42 Å². The van der Waals surface area contributed by atoms with Crippen LogP contribution in [0.3, 0.4) is 0 Å². The second kappa shape index (κ2) is 4.71. The SMILES string of the molecule is c1coc(-c2nc(CC3CCNCC3)no2)c1. The lowest BCUT2D eigenvalue weighted by Crippen LogP contribution is -2.28. The molecule has 0 saturated carbocycles. The first-order valence-electron chi connectivity index (χ1n) is 5.99. The van der Waals surface area contributed by atoms with E-state index in [9.17, 15) is 0 Å². The summed E-state index contributed by atoms with van der Waals surface area (Å²) in [4.78, 5) is 4.35. The molecule has 5 heteroatoms. The molecule has 90 valence electrons. The zero-order valence-corrected chi connectivity index (χ0v) is 9.56. The van der Waals surface area contributed by atoms with Crippen LogP contribution in [-0.2, 0) is 6.42 Å². The van der Waals surface area contributed by atoms with Crippen molar-refractivity contribution in [3.05, 3.63) is 24.2 Å². The van der Waals surface area contributed by atoms with Crippen molar-refractivity contribution in [3.63, 3.8) is 0 Å². The van der Waals surface area contributed by atoms with Crippen molar-refractivity contribution in [2.75, 3.05) is 13.1 Å². The highest BCUT2D eigenvalue weighted by Crippen LogP contribution is 2.20. The van der Waals surface area contributed by atoms with Gasteiger partial charge in [0.05, 0.1) is 6.26 Å². The number of hydrogen-bond donors (Lipinski definition) is 1. The third-order valence-electron chi connectivity index (χ3n) is 3.13. The highest BCUT2D eigenvalue weighted by Gasteiger charge is 2.18. The largest absolute Gasteiger partial charge is 0.459 e. The maximum absolute atomic E-state index is 5.22. The van der Waals surface area contributed by atoms with Crippen LogP contribution in [-0.4, -0.2) is 23.2 Å². The lowest BCUT2D eigenvalue weighted by molar-refractivity contribution is 0.355. The Hall–Kier alpha value is -1.62. The average Bonchev–Trinajstić information content (AvgIpc) is 3.00. The van der Waals surface area contributed by atoms with Crippen LogP contribution in [0.2, 0.25) is 0 Å². The molecule has 0 spiro atoms. The number of nitrogens with one attached hydrogen (secondary N) is 1. The molecule has 0 unspecified atom stereocenters. The van der Waals surface area contributed by atoms with E-state index >= 15 is 0 Å². The summed E-state index contributed by atoms with van der Waals surface area (Å²) in [6.45, 7) is 2.18. The summed E-state index contributed by atoms with van der Waals surface area (Å²) in [7, 11) is 0. The van der Waals surface area contributed by atoms with E-state index in [2.05, 4.69) is 15.5 Å². The third-order valence-corrected chi connectivity index (χ3v) is 3.13. The molecule has 1 saturated heterocycles. The van der Waals surface area contributed by atoms with Crippen LogP contribution < -0.4 is 5.32 Å². The number of furan rings is 1. The van der Waals surface area contributed by atoms with E-state index in [1.807, 2.05) is 12.1 Å². The summed E-state index contributed by atoms with van der Waals surface area (Å²) < 4.78 is 10.4. The van der Waals surface area contributed by atoms with Gasteiger partial charge >= 0.3 is 0 Å². The van der Waals surface area contributed by atoms with Crippen LogP contribution in [0, 0.1) is 5.92 Å². The van der Waals surface area contributed by atoms with E-state index in [1.165, 1.54) is 12.8 Å². The summed E-state index contributed by atoms with van der Waals surface area (Å²) in [6, 6.07) is 3.63. The minimum atomic E-state index is 0.471. The quantitative estimate of drug-likeness (QED) is 0.876. The van der Waals surface area contributed by atoms with Gasteiger partial charge in [0.2, 0.25) is 0 Å². The number of piperidine rings is 1. The summed E-state index contributed by atoms with van der Waals surface area (Å²) in [6.07, 6.45) is 4.87. The molecule has 1 aliphatic heterocycles. The Labute approximate surface area is 99.2 Å². The maximum Gasteiger partial charge on any atom is 0.293 e. The summed E-state index contributed by atoms with van der Waals surface area (Å²) in [5.74, 6) is 2.55. The van der Waals surface area contributed by atoms with Gasteiger partial charge in [-0.3, -0.25) is 0 Å². The molecular weight excluding hydrogens is 218 g/mol. The van der Waals surface area contributed by atoms with Gasteiger partial charge in [0.15, 0.2) is 11.6 Å². The third kappa shape index (κ3) is 2.39. The molecule has 2 aromatic heterocycles. The highest BCUT2D eigenvalue weighted by atomic mass is 16.5. The Kier molecular flexibility index (Phi) is 2.92. The van der Waals surface area contributed by atoms with Gasteiger partial charge in [-0.2, -0.15) is 4.98 Å². The van der Waals surface area contributed by atoms with Crippen LogP contribution in [0.5, 0.6) is 0 Å². The molecule has 0 amide bonds. The second-order valence-electron chi connectivity index (χ2n) is 4.39. The van der Waals surface area contributed by atoms with Crippen molar-refractivity contribution in [3.8, 4) is 11.7 Å². The Morgan fingerprint density at radius 3 is 3.00 bits per heavy atom. The van der Waals surface area contributed by atoms with Crippen molar-refractivity contribution < 1.29 is 8.94 Å². The minimum Gasteiger partial charge on any atom is -0.459 e. The lowest BCUT2D eigenvalue weighted by atomic mass is 9.94. The molecule has 0 bridgehead atoms. The minimum absolute atomic E-state index is 0.471. The average molecular weight is 233 g/mol. The predicted octanol–water partition coefficient (Wildman–Crippen LogP) is 1.87. The van der Waals surface area contributed by atoms with E-state index in [1.54, 1.807) is 6.26 Å². The molecule has 1 aliphatic rings. The van der Waals surface area contributed by atoms with E-state index in [0.29, 0.717) is 17.6 Å². The first-order valence-corrected chi connectivity index (χ1v) is 5.99. The van der Waals surface area contributed by atoms with Gasteiger partial charge in [-0.1, -0.05) is 5.16 Å². The number of aromatic nitrogens is 2. The number of rotatable bonds is 3. The predicted molar refractivity (Wildman–Crippen MR) is 61.3 cm³/mol. The first kappa shape index (κ1) is 10.5. The topological polar surface area (TPSA) is 64.1 Å². The van der Waals surface area contributed by atoms with Gasteiger partial charge in [-0.05, 0) is 44.0 Å². The Morgan fingerprint density at radius 1 is 1.35 bits per heavy atom. The van der Waals surface area contributed by atoms with Crippen LogP contribution in [0.15, 0.2) is 27.3 Å². The Morgan fingerprint density at radius 2 is 2.24 bits per heavy atom.